The third kappa shape index (κ3) is 72.5. The molecule has 1 fully saturated rings. The molecule has 5 unspecified atom stereocenters. The number of allylic oxidation sites excluding steroid dienone is 14. The zero-order valence-corrected chi connectivity index (χ0v) is 59.8. The zero-order chi connectivity index (χ0) is 61.4. The topological polar surface area (TPSA) is 186 Å². The molecule has 14 heteroatoms. The summed E-state index contributed by atoms with van der Waals surface area (Å²) >= 11 is 4.64. The van der Waals surface area contributed by atoms with E-state index in [1.165, 1.54) is 66.5 Å². The molecule has 2 N–H and O–H groups in total. The number of carbonyl (C=O) groups is 4. The zero-order valence-electron chi connectivity index (χ0n) is 55.0. The van der Waals surface area contributed by atoms with Gasteiger partial charge >= 0.3 is 65.1 Å². The van der Waals surface area contributed by atoms with Gasteiger partial charge in [-0.1, -0.05) is 122 Å². The molecule has 0 bridgehead atoms. The van der Waals surface area contributed by atoms with Crippen molar-refractivity contribution in [3.05, 3.63) is 94.2 Å². The van der Waals surface area contributed by atoms with E-state index < -0.39 is 11.9 Å². The van der Waals surface area contributed by atoms with E-state index in [0.717, 1.165) is 130 Å². The van der Waals surface area contributed by atoms with Crippen molar-refractivity contribution in [2.75, 3.05) is 34.8 Å². The molecule has 0 aromatic carbocycles. The van der Waals surface area contributed by atoms with Crippen LogP contribution >= 0.6 is 11.6 Å². The minimum absolute atomic E-state index is 0. The number of hydrogen-bond donors (Lipinski definition) is 2. The Balaban J connectivity index is -0.0000000945. The quantitative estimate of drug-likeness (QED) is 0.0128. The number of epoxide rings is 1. The Morgan fingerprint density at radius 2 is 0.987 bits per heavy atom. The normalized spacial score (nSPS) is 16.4. The second-order valence-electron chi connectivity index (χ2n) is 19.9. The van der Waals surface area contributed by atoms with Crippen molar-refractivity contribution >= 4 is 35.4 Å². The van der Waals surface area contributed by atoms with Crippen LogP contribution in [0.25, 0.3) is 0 Å². The maximum absolute atomic E-state index is 11.4. The number of rotatable bonds is 31. The molecule has 1 aliphatic rings. The van der Waals surface area contributed by atoms with Crippen molar-refractivity contribution in [1.82, 2.24) is 0 Å². The van der Waals surface area contributed by atoms with E-state index in [0.29, 0.717) is 6.42 Å². The molecule has 0 amide bonds. The molecule has 1 rings (SSSR count). The minimum Gasteiger partial charge on any atom is -0.857 e. The van der Waals surface area contributed by atoms with Crippen LogP contribution in [0, 0.1) is 5.92 Å². The van der Waals surface area contributed by atoms with Crippen molar-refractivity contribution in [1.29, 1.82) is 0 Å². The largest absolute Gasteiger partial charge is 1.00 e. The number of aliphatic hydroxyl groups is 2. The fourth-order valence-corrected chi connectivity index (χ4v) is 6.18. The van der Waals surface area contributed by atoms with Gasteiger partial charge in [0.2, 0.25) is 0 Å². The number of esters is 1. The standard InChI is InChI=1S/C17H28O3.C15H26O.C14H24O.C11H20O.C5H10O3.CH3Cl.2CH3O.2Na.H2/c1-6-13(2)9-7-10-14(3)11-8-12-17(4)15(20-17)16(18)19-5;1-5-13(2)8-6-9-14(3)10-7-11-15(4)12-16;1-5-12(2)8-6-9-13(3)10-7-11-14(4)15;1-5-10(3)8-7-9-11(4,12)6-2;1-4(6)3-5(7)8-2;3*1-2;;;/h9,11,15H,6-8,10,12H2,1-5H3;8,10,12,15H,5-7,9,11H2,1-4H3;8,10H,5-7,9,11H2,1-4H3;6,8,12H,2,5,7,9H2,1,3-4H3;5,7H,3H2,1-2H3;3*1H3;;;1H/q;;;;;;2*-1;2*+1;/b13-9+,14-11+;13-8+,14-10+;12-8+,13-10+;10-8+;;;;;;;/i;;;;;;;;;;1+1. The summed E-state index contributed by atoms with van der Waals surface area (Å²) in [6.45, 7) is 36.2. The Bertz CT molecular complexity index is 1720. The van der Waals surface area contributed by atoms with Crippen LogP contribution in [-0.2, 0) is 33.4 Å². The number of methoxy groups -OCH3 is 2. The van der Waals surface area contributed by atoms with Crippen LogP contribution in [0.5, 0.6) is 0 Å². The van der Waals surface area contributed by atoms with E-state index in [1.807, 2.05) is 13.8 Å². The van der Waals surface area contributed by atoms with Gasteiger partial charge in [0, 0.05) is 27.3 Å². The SMILES string of the molecule is C=CC(C)(O)CC/C=C(\C)CC.CC/C(C)=C/CC/C(C)=C/CCC(C)=O.CC/C(C)=C/CC/C(C)=C/CCC(C)C=O.CC/C(C)=C/CC/C(C)=C/CCC1(C)OC1C(=O)OC.CCl.COC(O)CC(C)=O.C[O-].C[O-].[2HH].[Na+].[Na+]. The molecule has 1 heterocycles. The number of aliphatic hydroxyl groups excluding tert-OH is 1. The number of ketones is 2. The fraction of sp³-hybridized carbons (Fsp3) is 0.692. The molecule has 0 aromatic rings. The van der Waals surface area contributed by atoms with Gasteiger partial charge in [-0.3, -0.25) is 4.79 Å². The summed E-state index contributed by atoms with van der Waals surface area (Å²) < 4.78 is 14.5. The van der Waals surface area contributed by atoms with E-state index in [2.05, 4.69) is 142 Å². The number of Topliss-reactive ketones (excluding diaryl/α,β-unsaturated/α-hetero) is 2. The maximum atomic E-state index is 11.4. The first-order valence-corrected chi connectivity index (χ1v) is 28.6. The molecular weight excluding hydrogens is 1040 g/mol. The third-order valence-corrected chi connectivity index (χ3v) is 12.4. The van der Waals surface area contributed by atoms with Crippen molar-refractivity contribution in [3.63, 3.8) is 0 Å². The van der Waals surface area contributed by atoms with Crippen molar-refractivity contribution < 1.29 is 114 Å². The Labute approximate surface area is 536 Å². The van der Waals surface area contributed by atoms with Gasteiger partial charge in [0.05, 0.1) is 19.1 Å². The number of halogens is 1. The van der Waals surface area contributed by atoms with Crippen LogP contribution in [0.1, 0.15) is 234 Å². The maximum Gasteiger partial charge on any atom is 1.00 e. The second-order valence-corrected chi connectivity index (χ2v) is 19.9. The van der Waals surface area contributed by atoms with Crippen LogP contribution in [0.4, 0.5) is 0 Å². The average molecular weight is 1160 g/mol. The predicted octanol–water partition coefficient (Wildman–Crippen LogP) is 9.35. The van der Waals surface area contributed by atoms with Gasteiger partial charge in [-0.2, -0.15) is 14.2 Å². The summed E-state index contributed by atoms with van der Waals surface area (Å²) in [6, 6.07) is 0. The van der Waals surface area contributed by atoms with Gasteiger partial charge in [0.15, 0.2) is 12.4 Å². The van der Waals surface area contributed by atoms with Gasteiger partial charge < -0.3 is 44.2 Å². The van der Waals surface area contributed by atoms with E-state index in [9.17, 15) is 24.3 Å². The molecule has 0 aromatic heterocycles. The van der Waals surface area contributed by atoms with E-state index >= 15 is 0 Å². The number of carbonyl (C=O) groups excluding carboxylic acids is 4. The van der Waals surface area contributed by atoms with Crippen molar-refractivity contribution in [2.24, 2.45) is 5.92 Å². The summed E-state index contributed by atoms with van der Waals surface area (Å²) in [6.07, 6.45) is 37.1. The molecule has 79 heavy (non-hydrogen) atoms. The predicted molar refractivity (Wildman–Crippen MR) is 328 cm³/mol. The molecule has 454 valence electrons. The Kier molecular flexibility index (Phi) is 82.2. The van der Waals surface area contributed by atoms with Gasteiger partial charge in [-0.15, -0.1) is 18.2 Å². The molecule has 0 spiro atoms. The summed E-state index contributed by atoms with van der Waals surface area (Å²) in [5, 5.41) is 34.6. The van der Waals surface area contributed by atoms with Gasteiger partial charge in [0.25, 0.3) is 0 Å². The summed E-state index contributed by atoms with van der Waals surface area (Å²) in [5.74, 6) is 0.153. The number of aldehydes is 1. The first kappa shape index (κ1) is 96.6. The van der Waals surface area contributed by atoms with Crippen molar-refractivity contribution in [3.8, 4) is 0 Å². The smallest absolute Gasteiger partial charge is 0.857 e. The van der Waals surface area contributed by atoms with E-state index in [-0.39, 0.29) is 102 Å². The molecule has 0 aliphatic carbocycles. The Hall–Kier alpha value is -1.55. The van der Waals surface area contributed by atoms with Crippen LogP contribution < -0.4 is 69.3 Å². The summed E-state index contributed by atoms with van der Waals surface area (Å²) in [5.41, 5.74) is 9.01. The molecule has 1 saturated heterocycles. The van der Waals surface area contributed by atoms with Crippen molar-refractivity contribution in [2.45, 2.75) is 256 Å². The summed E-state index contributed by atoms with van der Waals surface area (Å²) in [4.78, 5) is 42.7. The number of ether oxygens (including phenoxy) is 3. The second kappa shape index (κ2) is 67.2. The monoisotopic (exact) mass is 1160 g/mol. The average Bonchev–Trinajstić information content (AvgIpc) is 4.10. The van der Waals surface area contributed by atoms with E-state index in [4.69, 9.17) is 24.8 Å². The molecule has 0 radical (unpaired) electrons. The number of alkyl halides is 1. The van der Waals surface area contributed by atoms with Crippen LogP contribution in [0.2, 0.25) is 0 Å². The minimum atomic E-state index is -0.924. The first-order valence-electron chi connectivity index (χ1n) is 27.8. The Morgan fingerprint density at radius 3 is 1.29 bits per heavy atom. The Morgan fingerprint density at radius 1 is 0.646 bits per heavy atom. The van der Waals surface area contributed by atoms with Gasteiger partial charge in [-0.25, -0.2) is 4.79 Å². The molecule has 1 aliphatic heterocycles. The molecular formula is C65H119ClNa2O11. The fourth-order valence-electron chi connectivity index (χ4n) is 6.18. The molecule has 11 nitrogen and oxygen atoms in total. The van der Waals surface area contributed by atoms with Crippen LogP contribution in [0.3, 0.4) is 0 Å². The summed E-state index contributed by atoms with van der Waals surface area (Å²) in [7, 11) is 4.26. The van der Waals surface area contributed by atoms with Crippen LogP contribution in [0.15, 0.2) is 94.2 Å². The van der Waals surface area contributed by atoms with Crippen LogP contribution in [-0.4, -0.2) is 92.5 Å². The first-order chi connectivity index (χ1) is 36.3. The molecule has 5 atom stereocenters. The van der Waals surface area contributed by atoms with Gasteiger partial charge in [-0.05, 0) is 185 Å². The van der Waals surface area contributed by atoms with Gasteiger partial charge in [0.1, 0.15) is 23.5 Å². The van der Waals surface area contributed by atoms with E-state index in [1.54, 1.807) is 19.9 Å². The third-order valence-electron chi connectivity index (χ3n) is 12.4. The number of hydrogen-bond acceptors (Lipinski definition) is 11. The molecule has 0 saturated carbocycles.